The van der Waals surface area contributed by atoms with Gasteiger partial charge in [0.05, 0.1) is 0 Å². The lowest BCUT2D eigenvalue weighted by molar-refractivity contribution is 0.0919. The maximum Gasteiger partial charge on any atom is 0.255 e. The van der Waals surface area contributed by atoms with Crippen LogP contribution in [0.2, 0.25) is 0 Å². The highest BCUT2D eigenvalue weighted by Gasteiger charge is 2.11. The summed E-state index contributed by atoms with van der Waals surface area (Å²) in [6, 6.07) is 3.53. The second-order valence-corrected chi connectivity index (χ2v) is 2.03. The molecule has 0 N–H and O–H groups in total. The molecule has 4 nitrogen and oxygen atoms in total. The zero-order valence-electron chi connectivity index (χ0n) is 5.19. The highest BCUT2D eigenvalue weighted by molar-refractivity contribution is 5.84. The van der Waals surface area contributed by atoms with Gasteiger partial charge in [0.25, 0.3) is 5.91 Å². The van der Waals surface area contributed by atoms with Gasteiger partial charge in [-0.25, -0.2) is 0 Å². The Morgan fingerprint density at radius 3 is 3.30 bits per heavy atom. The summed E-state index contributed by atoms with van der Waals surface area (Å²) in [6.07, 6.45) is 1.69. The molecule has 0 radical (unpaired) electrons. The first kappa shape index (κ1) is 5.34. The van der Waals surface area contributed by atoms with Crippen LogP contribution in [-0.4, -0.2) is 17.0 Å². The Bertz CT molecular complexity index is 300. The lowest BCUT2D eigenvalue weighted by Gasteiger charge is -2.04. The summed E-state index contributed by atoms with van der Waals surface area (Å²) in [4.78, 5) is 11.0. The summed E-state index contributed by atoms with van der Waals surface area (Å²) in [5, 5.41) is 7.40. The van der Waals surface area contributed by atoms with Crippen molar-refractivity contribution >= 4 is 11.7 Å². The molecule has 1 aromatic rings. The third-order valence-electron chi connectivity index (χ3n) is 1.38. The van der Waals surface area contributed by atoms with E-state index in [0.717, 1.165) is 0 Å². The summed E-state index contributed by atoms with van der Waals surface area (Å²) in [7, 11) is 0. The molecule has 0 atom stereocenters. The third-order valence-corrected chi connectivity index (χ3v) is 1.38. The van der Waals surface area contributed by atoms with E-state index in [1.165, 1.54) is 4.57 Å². The molecule has 1 aliphatic heterocycles. The van der Waals surface area contributed by atoms with Crippen molar-refractivity contribution in [3.8, 4) is 0 Å². The van der Waals surface area contributed by atoms with Gasteiger partial charge in [-0.2, -0.15) is 5.11 Å². The zero-order valence-corrected chi connectivity index (χ0v) is 5.19. The number of hydrogen-bond acceptors (Lipinski definition) is 3. The van der Waals surface area contributed by atoms with E-state index >= 15 is 0 Å². The Hall–Kier alpha value is -1.45. The van der Waals surface area contributed by atoms with E-state index in [2.05, 4.69) is 10.2 Å². The first-order chi connectivity index (χ1) is 4.88. The van der Waals surface area contributed by atoms with Crippen molar-refractivity contribution < 1.29 is 4.79 Å². The topological polar surface area (TPSA) is 46.7 Å². The van der Waals surface area contributed by atoms with Gasteiger partial charge in [-0.15, -0.1) is 5.11 Å². The number of rotatable bonds is 0. The number of carbonyl (C=O) groups excluding carboxylic acids is 1. The van der Waals surface area contributed by atoms with Crippen molar-refractivity contribution in [2.45, 2.75) is 0 Å². The van der Waals surface area contributed by atoms with E-state index in [-0.39, 0.29) is 12.5 Å². The lowest BCUT2D eigenvalue weighted by Crippen LogP contribution is -2.14. The molecule has 0 bridgehead atoms. The maximum absolute atomic E-state index is 11.0. The maximum atomic E-state index is 11.0. The van der Waals surface area contributed by atoms with E-state index in [0.29, 0.717) is 5.82 Å². The Morgan fingerprint density at radius 1 is 1.60 bits per heavy atom. The molecule has 0 aromatic carbocycles. The van der Waals surface area contributed by atoms with Crippen LogP contribution < -0.4 is 0 Å². The fourth-order valence-corrected chi connectivity index (χ4v) is 0.909. The molecule has 10 heavy (non-hydrogen) atoms. The minimum Gasteiger partial charge on any atom is -0.272 e. The van der Waals surface area contributed by atoms with Crippen molar-refractivity contribution in [2.75, 3.05) is 6.54 Å². The molecule has 0 spiro atoms. The van der Waals surface area contributed by atoms with Gasteiger partial charge in [0, 0.05) is 6.20 Å². The Labute approximate surface area is 57.2 Å². The average Bonchev–Trinajstić information content (AvgIpc) is 2.36. The molecule has 0 saturated carbocycles. The van der Waals surface area contributed by atoms with Crippen molar-refractivity contribution in [2.24, 2.45) is 10.2 Å². The lowest BCUT2D eigenvalue weighted by atomic mass is 10.5. The van der Waals surface area contributed by atoms with Crippen LogP contribution in [0.15, 0.2) is 28.6 Å². The third kappa shape index (κ3) is 0.586. The van der Waals surface area contributed by atoms with Crippen molar-refractivity contribution in [1.29, 1.82) is 0 Å². The van der Waals surface area contributed by atoms with Gasteiger partial charge in [0.15, 0.2) is 5.82 Å². The summed E-state index contributed by atoms with van der Waals surface area (Å²) < 4.78 is 1.49. The van der Waals surface area contributed by atoms with Gasteiger partial charge >= 0.3 is 0 Å². The molecular weight excluding hydrogens is 130 g/mol. The molecule has 2 rings (SSSR count). The largest absolute Gasteiger partial charge is 0.272 e. The minimum atomic E-state index is -0.0185. The van der Waals surface area contributed by atoms with Gasteiger partial charge in [-0.1, -0.05) is 0 Å². The quantitative estimate of drug-likeness (QED) is 0.527. The predicted molar refractivity (Wildman–Crippen MR) is 34.4 cm³/mol. The summed E-state index contributed by atoms with van der Waals surface area (Å²) in [5.74, 6) is 0.603. The van der Waals surface area contributed by atoms with E-state index in [4.69, 9.17) is 0 Å². The van der Waals surface area contributed by atoms with Crippen LogP contribution in [0, 0.1) is 0 Å². The fourth-order valence-electron chi connectivity index (χ4n) is 0.909. The monoisotopic (exact) mass is 135 g/mol. The number of fused-ring (bicyclic) bond motifs is 1. The van der Waals surface area contributed by atoms with Gasteiger partial charge < -0.3 is 0 Å². The first-order valence-corrected chi connectivity index (χ1v) is 2.96. The smallest absolute Gasteiger partial charge is 0.255 e. The average molecular weight is 135 g/mol. The van der Waals surface area contributed by atoms with Crippen LogP contribution in [0.3, 0.4) is 0 Å². The predicted octanol–water partition coefficient (Wildman–Crippen LogP) is 1.23. The second-order valence-electron chi connectivity index (χ2n) is 2.03. The number of aromatic nitrogens is 1. The molecule has 0 amide bonds. The van der Waals surface area contributed by atoms with Crippen LogP contribution in [0.4, 0.5) is 5.82 Å². The van der Waals surface area contributed by atoms with Crippen LogP contribution in [0.1, 0.15) is 4.79 Å². The number of carbonyl (C=O) groups is 1. The van der Waals surface area contributed by atoms with Crippen molar-refractivity contribution in [1.82, 2.24) is 4.57 Å². The fraction of sp³-hybridized carbons (Fsp3) is 0.167. The molecule has 50 valence electrons. The van der Waals surface area contributed by atoms with Crippen molar-refractivity contribution in [3.63, 3.8) is 0 Å². The number of nitrogens with zero attached hydrogens (tertiary/aromatic N) is 3. The number of azo groups is 1. The second kappa shape index (κ2) is 1.76. The highest BCUT2D eigenvalue weighted by Crippen LogP contribution is 2.16. The summed E-state index contributed by atoms with van der Waals surface area (Å²) in [5.41, 5.74) is 0. The van der Waals surface area contributed by atoms with E-state index in [1.54, 1.807) is 18.3 Å². The van der Waals surface area contributed by atoms with Crippen LogP contribution in [0.5, 0.6) is 0 Å². The van der Waals surface area contributed by atoms with Crippen molar-refractivity contribution in [3.05, 3.63) is 18.3 Å². The molecule has 1 aromatic heterocycles. The van der Waals surface area contributed by atoms with Crippen LogP contribution >= 0.6 is 0 Å². The Balaban J connectivity index is 2.62. The molecule has 4 heteroatoms. The Morgan fingerprint density at radius 2 is 2.50 bits per heavy atom. The number of hydrogen-bond donors (Lipinski definition) is 0. The molecule has 1 aliphatic rings. The Kier molecular flexibility index (Phi) is 0.943. The normalized spacial score (nSPS) is 15.4. The SMILES string of the molecule is O=C1CN=Nc2cccn21. The van der Waals surface area contributed by atoms with E-state index in [9.17, 15) is 4.79 Å². The molecule has 0 saturated heterocycles. The van der Waals surface area contributed by atoms with E-state index < -0.39 is 0 Å². The minimum absolute atomic E-state index is 0.0185. The molecular formula is C6H5N3O. The summed E-state index contributed by atoms with van der Waals surface area (Å²) in [6.45, 7) is 0.168. The zero-order chi connectivity index (χ0) is 6.97. The standard InChI is InChI=1S/C6H5N3O/c10-6-4-7-8-5-2-1-3-9(5)6/h1-3H,4H2. The molecule has 2 heterocycles. The molecule has 0 fully saturated rings. The summed E-state index contributed by atoms with van der Waals surface area (Å²) >= 11 is 0. The first-order valence-electron chi connectivity index (χ1n) is 2.96. The van der Waals surface area contributed by atoms with Gasteiger partial charge in [0.1, 0.15) is 6.54 Å². The highest BCUT2D eigenvalue weighted by atomic mass is 16.2. The van der Waals surface area contributed by atoms with Crippen LogP contribution in [0.25, 0.3) is 0 Å². The van der Waals surface area contributed by atoms with Crippen LogP contribution in [-0.2, 0) is 0 Å². The van der Waals surface area contributed by atoms with Gasteiger partial charge in [-0.05, 0) is 12.1 Å². The van der Waals surface area contributed by atoms with Gasteiger partial charge in [0.2, 0.25) is 0 Å². The molecule has 0 aliphatic carbocycles. The molecule has 0 unspecified atom stereocenters. The van der Waals surface area contributed by atoms with Gasteiger partial charge in [-0.3, -0.25) is 9.36 Å². The van der Waals surface area contributed by atoms with E-state index in [1.807, 2.05) is 0 Å².